The summed E-state index contributed by atoms with van der Waals surface area (Å²) in [5, 5.41) is 0. The molecule has 4 atom stereocenters. The Kier molecular flexibility index (Phi) is 1.16. The van der Waals surface area contributed by atoms with Gasteiger partial charge >= 0.3 is 0 Å². The molecule has 5 rings (SSSR count). The summed E-state index contributed by atoms with van der Waals surface area (Å²) in [6.07, 6.45) is 12.7. The van der Waals surface area contributed by atoms with Crippen LogP contribution in [0.1, 0.15) is 32.1 Å². The molecule has 4 unspecified atom stereocenters. The minimum atomic E-state index is 0.975. The van der Waals surface area contributed by atoms with E-state index in [0.29, 0.717) is 0 Å². The lowest BCUT2D eigenvalue weighted by molar-refractivity contribution is 0.480. The molecular weight excluding hydrogens is 180 g/mol. The molecule has 5 aliphatic rings. The van der Waals surface area contributed by atoms with Crippen molar-refractivity contribution in [3.63, 3.8) is 0 Å². The molecule has 78 valence electrons. The second kappa shape index (κ2) is 2.26. The molecular formula is C15H18. The molecule has 0 aromatic rings. The van der Waals surface area contributed by atoms with Gasteiger partial charge in [0.1, 0.15) is 0 Å². The SMILES string of the molecule is C1=CC2CC1C1C(=C3C4CCC3CC4)C21. The summed E-state index contributed by atoms with van der Waals surface area (Å²) in [5.41, 5.74) is 4.00. The van der Waals surface area contributed by atoms with Crippen LogP contribution in [0.25, 0.3) is 0 Å². The van der Waals surface area contributed by atoms with Crippen LogP contribution in [0.15, 0.2) is 23.3 Å². The van der Waals surface area contributed by atoms with Crippen LogP contribution in [0.4, 0.5) is 0 Å². The van der Waals surface area contributed by atoms with E-state index in [4.69, 9.17) is 0 Å². The molecule has 0 aromatic carbocycles. The van der Waals surface area contributed by atoms with Gasteiger partial charge in [0, 0.05) is 0 Å². The fourth-order valence-corrected chi connectivity index (χ4v) is 5.49. The average Bonchev–Trinajstić information content (AvgIpc) is 2.79. The molecule has 0 nitrogen and oxygen atoms in total. The van der Waals surface area contributed by atoms with Crippen molar-refractivity contribution in [2.45, 2.75) is 32.1 Å². The van der Waals surface area contributed by atoms with Crippen LogP contribution < -0.4 is 0 Å². The summed E-state index contributed by atoms with van der Waals surface area (Å²) in [7, 11) is 0. The van der Waals surface area contributed by atoms with Crippen LogP contribution in [0.5, 0.6) is 0 Å². The quantitative estimate of drug-likeness (QED) is 0.522. The van der Waals surface area contributed by atoms with E-state index in [9.17, 15) is 0 Å². The van der Waals surface area contributed by atoms with Crippen LogP contribution in [0.2, 0.25) is 0 Å². The predicted octanol–water partition coefficient (Wildman–Crippen LogP) is 3.55. The molecule has 15 heavy (non-hydrogen) atoms. The van der Waals surface area contributed by atoms with Crippen molar-refractivity contribution in [2.24, 2.45) is 35.5 Å². The number of hydrogen-bond acceptors (Lipinski definition) is 0. The van der Waals surface area contributed by atoms with Gasteiger partial charge in [-0.2, -0.15) is 0 Å². The highest BCUT2D eigenvalue weighted by Gasteiger charge is 2.62. The maximum absolute atomic E-state index is 2.52. The van der Waals surface area contributed by atoms with Gasteiger partial charge in [0.05, 0.1) is 0 Å². The molecule has 0 heteroatoms. The van der Waals surface area contributed by atoms with Gasteiger partial charge in [-0.15, -0.1) is 0 Å². The molecule has 0 radical (unpaired) electrons. The van der Waals surface area contributed by atoms with E-state index in [-0.39, 0.29) is 0 Å². The molecule has 4 saturated carbocycles. The van der Waals surface area contributed by atoms with Gasteiger partial charge in [0.2, 0.25) is 0 Å². The van der Waals surface area contributed by atoms with E-state index in [0.717, 1.165) is 35.5 Å². The van der Waals surface area contributed by atoms with E-state index in [2.05, 4.69) is 12.2 Å². The Balaban J connectivity index is 1.61. The highest BCUT2D eigenvalue weighted by atomic mass is 14.7. The van der Waals surface area contributed by atoms with Crippen molar-refractivity contribution in [1.29, 1.82) is 0 Å². The average molecular weight is 198 g/mol. The van der Waals surface area contributed by atoms with Crippen LogP contribution in [0.3, 0.4) is 0 Å². The zero-order valence-electron chi connectivity index (χ0n) is 9.15. The molecule has 0 aromatic heterocycles. The highest BCUT2D eigenvalue weighted by molar-refractivity contribution is 5.48. The van der Waals surface area contributed by atoms with Crippen LogP contribution in [-0.2, 0) is 0 Å². The second-order valence-corrected chi connectivity index (χ2v) is 6.46. The Morgan fingerprint density at radius 2 is 1.27 bits per heavy atom. The third-order valence-electron chi connectivity index (χ3n) is 6.01. The highest BCUT2D eigenvalue weighted by Crippen LogP contribution is 2.70. The first-order valence-electron chi connectivity index (χ1n) is 6.85. The molecule has 0 aliphatic heterocycles. The largest absolute Gasteiger partial charge is 0.0845 e. The topological polar surface area (TPSA) is 0 Å². The normalized spacial score (nSPS) is 58.1. The maximum Gasteiger partial charge on any atom is -0.00624 e. The number of fused-ring (bicyclic) bond motifs is 7. The number of rotatable bonds is 0. The van der Waals surface area contributed by atoms with Gasteiger partial charge in [0.15, 0.2) is 0 Å². The molecule has 4 bridgehead atoms. The van der Waals surface area contributed by atoms with Crippen molar-refractivity contribution in [2.75, 3.05) is 0 Å². The molecule has 0 heterocycles. The van der Waals surface area contributed by atoms with Gasteiger partial charge in [-0.3, -0.25) is 0 Å². The number of hydrogen-bond donors (Lipinski definition) is 0. The van der Waals surface area contributed by atoms with Crippen LogP contribution >= 0.6 is 0 Å². The van der Waals surface area contributed by atoms with E-state index >= 15 is 0 Å². The summed E-state index contributed by atoms with van der Waals surface area (Å²) in [6, 6.07) is 0. The zero-order chi connectivity index (χ0) is 9.57. The summed E-state index contributed by atoms with van der Waals surface area (Å²) in [4.78, 5) is 0. The van der Waals surface area contributed by atoms with Gasteiger partial charge < -0.3 is 0 Å². The van der Waals surface area contributed by atoms with Crippen LogP contribution in [-0.4, -0.2) is 0 Å². The van der Waals surface area contributed by atoms with Gasteiger partial charge in [-0.05, 0) is 67.6 Å². The third-order valence-corrected chi connectivity index (χ3v) is 6.01. The molecule has 0 N–H and O–H groups in total. The van der Waals surface area contributed by atoms with Gasteiger partial charge in [-0.1, -0.05) is 23.3 Å². The Morgan fingerprint density at radius 1 is 0.733 bits per heavy atom. The Morgan fingerprint density at radius 3 is 1.80 bits per heavy atom. The van der Waals surface area contributed by atoms with E-state index in [1.54, 1.807) is 0 Å². The van der Waals surface area contributed by atoms with Gasteiger partial charge in [-0.25, -0.2) is 0 Å². The maximum atomic E-state index is 2.52. The molecule has 4 fully saturated rings. The molecule has 5 aliphatic carbocycles. The number of allylic oxidation sites excluding steroid dienone is 4. The first kappa shape index (κ1) is 7.70. The summed E-state index contributed by atoms with van der Waals surface area (Å²) in [5.74, 6) is 6.15. The predicted molar refractivity (Wildman–Crippen MR) is 60.2 cm³/mol. The van der Waals surface area contributed by atoms with Crippen molar-refractivity contribution in [1.82, 2.24) is 0 Å². The van der Waals surface area contributed by atoms with Crippen molar-refractivity contribution >= 4 is 0 Å². The zero-order valence-corrected chi connectivity index (χ0v) is 9.15. The lowest BCUT2D eigenvalue weighted by Crippen LogP contribution is -1.97. The first-order valence-corrected chi connectivity index (χ1v) is 6.85. The monoisotopic (exact) mass is 198 g/mol. The Labute approximate surface area is 91.4 Å². The molecule has 0 saturated heterocycles. The third kappa shape index (κ3) is 0.756. The summed E-state index contributed by atoms with van der Waals surface area (Å²) >= 11 is 0. The fraction of sp³-hybridized carbons (Fsp3) is 0.733. The smallest absolute Gasteiger partial charge is 0.00624 e. The Bertz CT molecular complexity index is 358. The fourth-order valence-electron chi connectivity index (χ4n) is 5.49. The lowest BCUT2D eigenvalue weighted by Gasteiger charge is -2.08. The van der Waals surface area contributed by atoms with E-state index in [1.165, 1.54) is 32.1 Å². The van der Waals surface area contributed by atoms with E-state index in [1.807, 2.05) is 11.1 Å². The summed E-state index contributed by atoms with van der Waals surface area (Å²) < 4.78 is 0. The van der Waals surface area contributed by atoms with Gasteiger partial charge in [0.25, 0.3) is 0 Å². The van der Waals surface area contributed by atoms with Crippen molar-refractivity contribution in [3.8, 4) is 0 Å². The standard InChI is InChI=1S/C15H18/c1-2-9-4-3-8(1)12(9)15-13-10-5-6-11(7-10)14(13)15/h5-6,8-11,13-14H,1-4,7H2. The minimum Gasteiger partial charge on any atom is -0.0845 e. The second-order valence-electron chi connectivity index (χ2n) is 6.46. The van der Waals surface area contributed by atoms with Crippen molar-refractivity contribution < 1.29 is 0 Å². The first-order chi connectivity index (χ1) is 7.43. The van der Waals surface area contributed by atoms with Crippen LogP contribution in [0, 0.1) is 35.5 Å². The summed E-state index contributed by atoms with van der Waals surface area (Å²) in [6.45, 7) is 0. The Hall–Kier alpha value is -0.520. The minimum absolute atomic E-state index is 0.975. The lowest BCUT2D eigenvalue weighted by atomic mass is 9.97. The van der Waals surface area contributed by atoms with Crippen molar-refractivity contribution in [3.05, 3.63) is 23.3 Å². The van der Waals surface area contributed by atoms with E-state index < -0.39 is 0 Å². The molecule has 0 amide bonds. The molecule has 0 spiro atoms.